The van der Waals surface area contributed by atoms with E-state index in [4.69, 9.17) is 10.8 Å². The van der Waals surface area contributed by atoms with Crippen LogP contribution in [0.2, 0.25) is 0 Å². The molecule has 0 aromatic heterocycles. The van der Waals surface area contributed by atoms with Crippen LogP contribution in [0, 0.1) is 11.3 Å². The van der Waals surface area contributed by atoms with Crippen molar-refractivity contribution in [3.05, 3.63) is 10.4 Å². The first kappa shape index (κ1) is 11.7. The Hall–Kier alpha value is -1.28. The molecule has 0 saturated carbocycles. The third-order valence-corrected chi connectivity index (χ3v) is 1.43. The van der Waals surface area contributed by atoms with E-state index in [2.05, 4.69) is 15.3 Å². The quantitative estimate of drug-likeness (QED) is 0.365. The molecule has 72 valence electrons. The lowest BCUT2D eigenvalue weighted by molar-refractivity contribution is 0.394. The van der Waals surface area contributed by atoms with E-state index in [0.717, 1.165) is 6.54 Å². The third-order valence-electron chi connectivity index (χ3n) is 1.43. The van der Waals surface area contributed by atoms with E-state index in [-0.39, 0.29) is 12.6 Å². The Bertz CT molecular complexity index is 212. The van der Waals surface area contributed by atoms with Crippen LogP contribution in [0.25, 0.3) is 10.4 Å². The standard InChI is InChI=1S/C7H14N6/c1-13(2)4-3-10-7(5-8)6-11-12-9/h7,10H,3-4,6H2,1-2H3. The van der Waals surface area contributed by atoms with E-state index in [1.165, 1.54) is 0 Å². The van der Waals surface area contributed by atoms with Gasteiger partial charge in [-0.1, -0.05) is 5.11 Å². The average Bonchev–Trinajstić information content (AvgIpc) is 2.10. The highest BCUT2D eigenvalue weighted by atomic mass is 15.1. The SMILES string of the molecule is CN(C)CCNC(C#N)CN=[N+]=[N-]. The molecule has 0 aliphatic heterocycles. The summed E-state index contributed by atoms with van der Waals surface area (Å²) in [6, 6.07) is 1.64. The summed E-state index contributed by atoms with van der Waals surface area (Å²) < 4.78 is 0. The molecular formula is C7H14N6. The number of nitrogens with zero attached hydrogens (tertiary/aromatic N) is 5. The van der Waals surface area contributed by atoms with E-state index in [1.54, 1.807) is 0 Å². The summed E-state index contributed by atoms with van der Waals surface area (Å²) in [5.74, 6) is 0. The Morgan fingerprint density at radius 2 is 2.38 bits per heavy atom. The van der Waals surface area contributed by atoms with Gasteiger partial charge < -0.3 is 10.2 Å². The van der Waals surface area contributed by atoms with Gasteiger partial charge in [0.2, 0.25) is 0 Å². The maximum atomic E-state index is 8.61. The first-order chi connectivity index (χ1) is 6.20. The predicted molar refractivity (Wildman–Crippen MR) is 50.0 cm³/mol. The van der Waals surface area contributed by atoms with Gasteiger partial charge in [-0.15, -0.1) is 0 Å². The van der Waals surface area contributed by atoms with Gasteiger partial charge in [0.1, 0.15) is 6.04 Å². The molecule has 0 aromatic rings. The number of azide groups is 1. The molecule has 1 unspecified atom stereocenters. The Kier molecular flexibility index (Phi) is 6.65. The number of rotatable bonds is 6. The Balaban J connectivity index is 3.61. The van der Waals surface area contributed by atoms with Gasteiger partial charge in [0.25, 0.3) is 0 Å². The minimum Gasteiger partial charge on any atom is -0.308 e. The average molecular weight is 182 g/mol. The second kappa shape index (κ2) is 7.37. The number of hydrogen-bond acceptors (Lipinski definition) is 4. The molecule has 0 aromatic carbocycles. The zero-order chi connectivity index (χ0) is 10.1. The number of hydrogen-bond donors (Lipinski definition) is 1. The van der Waals surface area contributed by atoms with Crippen LogP contribution in [0.4, 0.5) is 0 Å². The van der Waals surface area contributed by atoms with E-state index in [1.807, 2.05) is 25.1 Å². The molecule has 1 N–H and O–H groups in total. The van der Waals surface area contributed by atoms with Crippen molar-refractivity contribution in [2.75, 3.05) is 33.7 Å². The van der Waals surface area contributed by atoms with Gasteiger partial charge in [0.05, 0.1) is 12.6 Å². The Morgan fingerprint density at radius 1 is 1.69 bits per heavy atom. The van der Waals surface area contributed by atoms with Gasteiger partial charge in [0, 0.05) is 18.0 Å². The van der Waals surface area contributed by atoms with Crippen LogP contribution >= 0.6 is 0 Å². The van der Waals surface area contributed by atoms with Gasteiger partial charge in [-0.05, 0) is 19.6 Å². The van der Waals surface area contributed by atoms with Crippen molar-refractivity contribution >= 4 is 0 Å². The summed E-state index contributed by atoms with van der Waals surface area (Å²) in [6.45, 7) is 1.75. The fourth-order valence-corrected chi connectivity index (χ4v) is 0.732. The van der Waals surface area contributed by atoms with Crippen LogP contribution in [0.5, 0.6) is 0 Å². The van der Waals surface area contributed by atoms with Crippen LogP contribution in [0.1, 0.15) is 0 Å². The number of nitrogens with one attached hydrogen (secondary N) is 1. The Labute approximate surface area is 77.8 Å². The molecule has 0 spiro atoms. The maximum Gasteiger partial charge on any atom is 0.101 e. The fraction of sp³-hybridized carbons (Fsp3) is 0.857. The van der Waals surface area contributed by atoms with E-state index >= 15 is 0 Å². The lowest BCUT2D eigenvalue weighted by Crippen LogP contribution is -2.35. The molecule has 0 rings (SSSR count). The minimum absolute atomic E-state index is 0.181. The highest BCUT2D eigenvalue weighted by Crippen LogP contribution is 1.83. The largest absolute Gasteiger partial charge is 0.308 e. The van der Waals surface area contributed by atoms with Crippen molar-refractivity contribution in [2.45, 2.75) is 6.04 Å². The number of nitriles is 1. The van der Waals surface area contributed by atoms with Gasteiger partial charge in [-0.3, -0.25) is 0 Å². The third kappa shape index (κ3) is 7.09. The summed E-state index contributed by atoms with van der Waals surface area (Å²) in [4.78, 5) is 4.60. The molecule has 0 aliphatic carbocycles. The molecule has 0 saturated heterocycles. The summed E-state index contributed by atoms with van der Waals surface area (Å²) in [6.07, 6.45) is 0. The lowest BCUT2D eigenvalue weighted by Gasteiger charge is -2.12. The molecule has 1 atom stereocenters. The van der Waals surface area contributed by atoms with Gasteiger partial charge in [-0.2, -0.15) is 5.26 Å². The molecule has 0 heterocycles. The van der Waals surface area contributed by atoms with Crippen LogP contribution in [0.15, 0.2) is 5.11 Å². The molecular weight excluding hydrogens is 168 g/mol. The molecule has 6 heteroatoms. The maximum absolute atomic E-state index is 8.61. The normalized spacial score (nSPS) is 11.8. The topological polar surface area (TPSA) is 87.8 Å². The van der Waals surface area contributed by atoms with Crippen molar-refractivity contribution in [2.24, 2.45) is 5.11 Å². The molecule has 6 nitrogen and oxygen atoms in total. The highest BCUT2D eigenvalue weighted by molar-refractivity contribution is 4.91. The summed E-state index contributed by atoms with van der Waals surface area (Å²) >= 11 is 0. The smallest absolute Gasteiger partial charge is 0.101 e. The van der Waals surface area contributed by atoms with Crippen LogP contribution in [0.3, 0.4) is 0 Å². The van der Waals surface area contributed by atoms with E-state index in [9.17, 15) is 0 Å². The summed E-state index contributed by atoms with van der Waals surface area (Å²) in [5.41, 5.74) is 8.04. The predicted octanol–water partition coefficient (Wildman–Crippen LogP) is 0.340. The van der Waals surface area contributed by atoms with Crippen molar-refractivity contribution in [1.29, 1.82) is 5.26 Å². The van der Waals surface area contributed by atoms with Crippen LogP contribution in [-0.2, 0) is 0 Å². The molecule has 0 bridgehead atoms. The Morgan fingerprint density at radius 3 is 2.85 bits per heavy atom. The second-order valence-electron chi connectivity index (χ2n) is 2.85. The van der Waals surface area contributed by atoms with E-state index < -0.39 is 0 Å². The van der Waals surface area contributed by atoms with Crippen LogP contribution in [-0.4, -0.2) is 44.7 Å². The first-order valence-corrected chi connectivity index (χ1v) is 3.99. The summed E-state index contributed by atoms with van der Waals surface area (Å²) in [7, 11) is 3.91. The van der Waals surface area contributed by atoms with Gasteiger partial charge >= 0.3 is 0 Å². The van der Waals surface area contributed by atoms with Gasteiger partial charge in [-0.25, -0.2) is 0 Å². The molecule has 0 aliphatic rings. The monoisotopic (exact) mass is 182 g/mol. The van der Waals surface area contributed by atoms with Gasteiger partial charge in [0.15, 0.2) is 0 Å². The zero-order valence-electron chi connectivity index (χ0n) is 7.93. The zero-order valence-corrected chi connectivity index (χ0v) is 7.93. The first-order valence-electron chi connectivity index (χ1n) is 3.99. The van der Waals surface area contributed by atoms with Crippen molar-refractivity contribution in [3.63, 3.8) is 0 Å². The molecule has 0 fully saturated rings. The molecule has 13 heavy (non-hydrogen) atoms. The minimum atomic E-state index is -0.379. The summed E-state index contributed by atoms with van der Waals surface area (Å²) in [5, 5.41) is 14.9. The molecule has 0 radical (unpaired) electrons. The van der Waals surface area contributed by atoms with Crippen molar-refractivity contribution < 1.29 is 0 Å². The van der Waals surface area contributed by atoms with Crippen LogP contribution < -0.4 is 5.32 Å². The highest BCUT2D eigenvalue weighted by Gasteiger charge is 2.03. The van der Waals surface area contributed by atoms with E-state index in [0.29, 0.717) is 6.54 Å². The lowest BCUT2D eigenvalue weighted by atomic mass is 10.3. The van der Waals surface area contributed by atoms with Crippen molar-refractivity contribution in [1.82, 2.24) is 10.2 Å². The number of likely N-dealkylation sites (N-methyl/N-ethyl adjacent to an activating group) is 1. The molecule has 0 amide bonds. The second-order valence-corrected chi connectivity index (χ2v) is 2.85. The fourth-order valence-electron chi connectivity index (χ4n) is 0.732. The van der Waals surface area contributed by atoms with Crippen molar-refractivity contribution in [3.8, 4) is 6.07 Å².